The number of nitrogens with one attached hydrogen (secondary N) is 1. The second kappa shape index (κ2) is 6.08. The van der Waals surface area contributed by atoms with Crippen molar-refractivity contribution in [3.63, 3.8) is 0 Å². The second-order valence-electron chi connectivity index (χ2n) is 5.48. The number of carbonyl (C=O) groups excluding carboxylic acids is 2. The number of anilines is 1. The smallest absolute Gasteiger partial charge is 0.282 e. The minimum atomic E-state index is -0.656. The van der Waals surface area contributed by atoms with Gasteiger partial charge >= 0.3 is 0 Å². The lowest BCUT2D eigenvalue weighted by Gasteiger charge is -2.14. The molecular weight excluding hydrogens is 326 g/mol. The van der Waals surface area contributed by atoms with Gasteiger partial charge in [-0.3, -0.25) is 25.1 Å². The van der Waals surface area contributed by atoms with Crippen LogP contribution in [-0.4, -0.2) is 21.8 Å². The number of hydrogen-bond acceptors (Lipinski definition) is 5. The maximum absolute atomic E-state index is 12.5. The Bertz CT molecular complexity index is 918. The number of nitro groups is 1. The lowest BCUT2D eigenvalue weighted by molar-refractivity contribution is -0.384. The van der Waals surface area contributed by atoms with E-state index < -0.39 is 16.7 Å². The molecule has 2 amide bonds. The molecule has 0 aliphatic carbocycles. The fourth-order valence-corrected chi connectivity index (χ4v) is 2.36. The molecule has 8 nitrogen and oxygen atoms in total. The van der Waals surface area contributed by atoms with Gasteiger partial charge < -0.3 is 5.11 Å². The highest BCUT2D eigenvalue weighted by atomic mass is 16.6. The van der Waals surface area contributed by atoms with Crippen molar-refractivity contribution in [1.29, 1.82) is 0 Å². The van der Waals surface area contributed by atoms with Gasteiger partial charge in [0.25, 0.3) is 17.5 Å². The molecule has 0 atom stereocenters. The van der Waals surface area contributed by atoms with Crippen LogP contribution in [0.1, 0.15) is 11.1 Å². The van der Waals surface area contributed by atoms with Crippen molar-refractivity contribution in [3.8, 4) is 5.75 Å². The van der Waals surface area contributed by atoms with Gasteiger partial charge in [-0.1, -0.05) is 17.7 Å². The molecule has 0 radical (unpaired) electrons. The Hall–Kier alpha value is -3.68. The van der Waals surface area contributed by atoms with E-state index in [1.165, 1.54) is 0 Å². The lowest BCUT2D eigenvalue weighted by atomic mass is 10.1. The summed E-state index contributed by atoms with van der Waals surface area (Å²) in [6.45, 7) is 1.89. The van der Waals surface area contributed by atoms with Gasteiger partial charge in [0.05, 0.1) is 10.6 Å². The summed E-state index contributed by atoms with van der Waals surface area (Å²) in [6.07, 6.45) is 1.13. The number of hydrazine groups is 1. The van der Waals surface area contributed by atoms with Crippen LogP contribution in [-0.2, 0) is 9.59 Å². The molecule has 0 unspecified atom stereocenters. The number of aryl methyl sites for hydroxylation is 1. The van der Waals surface area contributed by atoms with Gasteiger partial charge in [0.1, 0.15) is 11.3 Å². The third-order valence-electron chi connectivity index (χ3n) is 3.71. The number of non-ortho nitro benzene ring substituents is 1. The number of phenols is 1. The summed E-state index contributed by atoms with van der Waals surface area (Å²) in [5, 5.41) is 21.8. The molecule has 1 heterocycles. The highest BCUT2D eigenvalue weighted by Crippen LogP contribution is 2.27. The van der Waals surface area contributed by atoms with Gasteiger partial charge in [-0.2, -0.15) is 0 Å². The van der Waals surface area contributed by atoms with E-state index in [0.717, 1.165) is 34.8 Å². The molecule has 25 heavy (non-hydrogen) atoms. The number of rotatable bonds is 3. The monoisotopic (exact) mass is 339 g/mol. The molecule has 0 saturated carbocycles. The van der Waals surface area contributed by atoms with E-state index in [0.29, 0.717) is 5.69 Å². The molecule has 1 fully saturated rings. The molecule has 2 aromatic carbocycles. The van der Waals surface area contributed by atoms with Crippen molar-refractivity contribution in [2.75, 3.05) is 5.01 Å². The number of nitrogens with zero attached hydrogens (tertiary/aromatic N) is 2. The second-order valence-corrected chi connectivity index (χ2v) is 5.48. The first-order valence-electron chi connectivity index (χ1n) is 7.28. The third kappa shape index (κ3) is 3.05. The zero-order chi connectivity index (χ0) is 18.1. The molecule has 0 spiro atoms. The normalized spacial score (nSPS) is 15.6. The quantitative estimate of drug-likeness (QED) is 0.385. The molecular formula is C17H13N3O5. The van der Waals surface area contributed by atoms with Crippen molar-refractivity contribution >= 4 is 29.3 Å². The van der Waals surface area contributed by atoms with Gasteiger partial charge in [-0.15, -0.1) is 0 Å². The van der Waals surface area contributed by atoms with Crippen molar-refractivity contribution in [3.05, 3.63) is 69.3 Å². The summed E-state index contributed by atoms with van der Waals surface area (Å²) in [4.78, 5) is 34.8. The zero-order valence-electron chi connectivity index (χ0n) is 13.1. The van der Waals surface area contributed by atoms with Crippen LogP contribution >= 0.6 is 0 Å². The first kappa shape index (κ1) is 16.2. The Morgan fingerprint density at radius 2 is 1.84 bits per heavy atom. The number of hydrogen-bond donors (Lipinski definition) is 2. The van der Waals surface area contributed by atoms with Crippen LogP contribution in [0.2, 0.25) is 0 Å². The first-order chi connectivity index (χ1) is 11.9. The third-order valence-corrected chi connectivity index (χ3v) is 3.71. The van der Waals surface area contributed by atoms with Crippen molar-refractivity contribution in [2.24, 2.45) is 0 Å². The van der Waals surface area contributed by atoms with Crippen LogP contribution in [0.4, 0.5) is 11.4 Å². The maximum atomic E-state index is 12.5. The Kier molecular flexibility index (Phi) is 3.94. The molecule has 126 valence electrons. The Morgan fingerprint density at radius 3 is 2.48 bits per heavy atom. The van der Waals surface area contributed by atoms with Crippen LogP contribution in [0, 0.1) is 17.0 Å². The van der Waals surface area contributed by atoms with Gasteiger partial charge in [0, 0.05) is 17.7 Å². The minimum absolute atomic E-state index is 0.0125. The fraction of sp³-hybridized carbons (Fsp3) is 0.0588. The average molecular weight is 339 g/mol. The molecule has 1 aliphatic heterocycles. The number of phenolic OH excluding ortho intramolecular Hbond substituents is 1. The highest BCUT2D eigenvalue weighted by Gasteiger charge is 2.34. The predicted molar refractivity (Wildman–Crippen MR) is 89.5 cm³/mol. The number of aromatic hydroxyl groups is 1. The van der Waals surface area contributed by atoms with Gasteiger partial charge in [0.15, 0.2) is 0 Å². The molecule has 1 aliphatic rings. The number of amides is 2. The van der Waals surface area contributed by atoms with Gasteiger partial charge in [-0.25, -0.2) is 5.01 Å². The maximum Gasteiger partial charge on any atom is 0.282 e. The predicted octanol–water partition coefficient (Wildman–Crippen LogP) is 2.07. The van der Waals surface area contributed by atoms with E-state index in [4.69, 9.17) is 0 Å². The molecule has 0 aromatic heterocycles. The summed E-state index contributed by atoms with van der Waals surface area (Å²) >= 11 is 0. The average Bonchev–Trinajstić information content (AvgIpc) is 2.85. The number of nitro benzene ring substituents is 1. The van der Waals surface area contributed by atoms with Crippen LogP contribution < -0.4 is 10.4 Å². The minimum Gasteiger partial charge on any atom is -0.507 e. The van der Waals surface area contributed by atoms with E-state index >= 15 is 0 Å². The molecule has 8 heteroatoms. The fourth-order valence-electron chi connectivity index (χ4n) is 2.36. The van der Waals surface area contributed by atoms with Gasteiger partial charge in [-0.05, 0) is 31.2 Å². The molecule has 0 bridgehead atoms. The largest absolute Gasteiger partial charge is 0.507 e. The molecule has 2 N–H and O–H groups in total. The Morgan fingerprint density at radius 1 is 1.16 bits per heavy atom. The standard InChI is InChI=1S/C17H13N3O5/c1-10-2-4-12(5-3-10)19-17(23)14(16(22)18-19)9-11-8-13(20(24)25)6-7-15(11)21/h2-9,21H,1H3,(H,18,22). The summed E-state index contributed by atoms with van der Waals surface area (Å²) < 4.78 is 0. The van der Waals surface area contributed by atoms with E-state index in [1.807, 2.05) is 6.92 Å². The molecule has 2 aromatic rings. The van der Waals surface area contributed by atoms with Crippen LogP contribution in [0.15, 0.2) is 48.0 Å². The van der Waals surface area contributed by atoms with Gasteiger partial charge in [0.2, 0.25) is 0 Å². The van der Waals surface area contributed by atoms with E-state index in [1.54, 1.807) is 24.3 Å². The summed E-state index contributed by atoms with van der Waals surface area (Å²) in [7, 11) is 0. The van der Waals surface area contributed by atoms with Crippen molar-refractivity contribution < 1.29 is 19.6 Å². The van der Waals surface area contributed by atoms with E-state index in [-0.39, 0.29) is 22.6 Å². The summed E-state index contributed by atoms with van der Waals surface area (Å²) in [5.74, 6) is -1.54. The summed E-state index contributed by atoms with van der Waals surface area (Å²) in [5.41, 5.74) is 3.44. The van der Waals surface area contributed by atoms with Crippen LogP contribution in [0.5, 0.6) is 5.75 Å². The highest BCUT2D eigenvalue weighted by molar-refractivity contribution is 6.31. The van der Waals surface area contributed by atoms with Crippen molar-refractivity contribution in [1.82, 2.24) is 5.43 Å². The number of benzene rings is 2. The topological polar surface area (TPSA) is 113 Å². The zero-order valence-corrected chi connectivity index (χ0v) is 13.1. The first-order valence-corrected chi connectivity index (χ1v) is 7.28. The lowest BCUT2D eigenvalue weighted by Crippen LogP contribution is -2.35. The van der Waals surface area contributed by atoms with E-state index in [2.05, 4.69) is 5.43 Å². The Balaban J connectivity index is 1.98. The molecule has 3 rings (SSSR count). The van der Waals surface area contributed by atoms with Crippen molar-refractivity contribution in [2.45, 2.75) is 6.92 Å². The summed E-state index contributed by atoms with van der Waals surface area (Å²) in [6, 6.07) is 10.3. The van der Waals surface area contributed by atoms with E-state index in [9.17, 15) is 24.8 Å². The molecule has 1 saturated heterocycles. The van der Waals surface area contributed by atoms with Crippen LogP contribution in [0.25, 0.3) is 6.08 Å². The Labute approximate surface area is 142 Å². The SMILES string of the molecule is Cc1ccc(N2NC(=O)C(=Cc3cc([N+](=O)[O-])ccc3O)C2=O)cc1. The van der Waals surface area contributed by atoms with Crippen LogP contribution in [0.3, 0.4) is 0 Å². The number of carbonyl (C=O) groups is 2.